The number of fused-ring (bicyclic) bond motifs is 1. The zero-order valence-corrected chi connectivity index (χ0v) is 13.3. The monoisotopic (exact) mass is 314 g/mol. The Balaban J connectivity index is 1.83. The molecule has 3 rings (SSSR count). The zero-order valence-electron chi connectivity index (χ0n) is 13.3. The molecule has 2 heterocycles. The smallest absolute Gasteiger partial charge is 0.261 e. The summed E-state index contributed by atoms with van der Waals surface area (Å²) >= 11 is 0. The lowest BCUT2D eigenvalue weighted by Gasteiger charge is -2.38. The first-order valence-corrected chi connectivity index (χ1v) is 8.04. The van der Waals surface area contributed by atoms with Crippen molar-refractivity contribution in [3.05, 3.63) is 40.9 Å². The summed E-state index contributed by atoms with van der Waals surface area (Å²) in [6.07, 6.45) is 3.35. The van der Waals surface area contributed by atoms with E-state index in [9.17, 15) is 9.59 Å². The van der Waals surface area contributed by atoms with E-state index in [2.05, 4.69) is 11.9 Å². The molecule has 2 atom stereocenters. The summed E-state index contributed by atoms with van der Waals surface area (Å²) in [5.74, 6) is 0.518. The van der Waals surface area contributed by atoms with Crippen molar-refractivity contribution < 1.29 is 4.79 Å². The van der Waals surface area contributed by atoms with Crippen molar-refractivity contribution in [2.45, 2.75) is 32.4 Å². The van der Waals surface area contributed by atoms with Gasteiger partial charge in [-0.25, -0.2) is 4.98 Å². The number of hydrogen-bond acceptors (Lipinski definition) is 4. The molecule has 0 spiro atoms. The normalized spacial score (nSPS) is 21.6. The van der Waals surface area contributed by atoms with Gasteiger partial charge in [0, 0.05) is 19.1 Å². The van der Waals surface area contributed by atoms with Gasteiger partial charge in [-0.15, -0.1) is 0 Å². The number of para-hydroxylation sites is 1. The molecule has 0 saturated carbocycles. The number of aromatic nitrogens is 2. The summed E-state index contributed by atoms with van der Waals surface area (Å²) in [6.45, 7) is 3.36. The van der Waals surface area contributed by atoms with E-state index in [-0.39, 0.29) is 24.1 Å². The van der Waals surface area contributed by atoms with Gasteiger partial charge >= 0.3 is 0 Å². The molecule has 23 heavy (non-hydrogen) atoms. The van der Waals surface area contributed by atoms with Gasteiger partial charge in [-0.05, 0) is 30.9 Å². The maximum Gasteiger partial charge on any atom is 0.261 e. The van der Waals surface area contributed by atoms with Gasteiger partial charge in [-0.1, -0.05) is 19.1 Å². The van der Waals surface area contributed by atoms with Gasteiger partial charge in [-0.2, -0.15) is 0 Å². The van der Waals surface area contributed by atoms with Gasteiger partial charge in [0.1, 0.15) is 6.54 Å². The van der Waals surface area contributed by atoms with Crippen molar-refractivity contribution in [1.82, 2.24) is 14.5 Å². The molecule has 6 heteroatoms. The van der Waals surface area contributed by atoms with Crippen molar-refractivity contribution in [2.24, 2.45) is 11.7 Å². The van der Waals surface area contributed by atoms with E-state index in [1.54, 1.807) is 18.2 Å². The van der Waals surface area contributed by atoms with Crippen LogP contribution in [0.3, 0.4) is 0 Å². The van der Waals surface area contributed by atoms with Gasteiger partial charge in [0.2, 0.25) is 5.91 Å². The minimum atomic E-state index is -0.182. The second kappa shape index (κ2) is 6.50. The standard InChI is InChI=1S/C17H22N4O2/c1-12-6-7-21(13(8-12)9-18)16(22)10-20-11-19-15-5-3-2-4-14(15)17(20)23/h2-5,11-13H,6-10,18H2,1H3. The summed E-state index contributed by atoms with van der Waals surface area (Å²) in [6, 6.07) is 7.23. The van der Waals surface area contributed by atoms with Crippen molar-refractivity contribution >= 4 is 16.8 Å². The molecular weight excluding hydrogens is 292 g/mol. The quantitative estimate of drug-likeness (QED) is 0.916. The number of rotatable bonds is 3. The summed E-state index contributed by atoms with van der Waals surface area (Å²) in [7, 11) is 0. The molecule has 0 bridgehead atoms. The van der Waals surface area contributed by atoms with Crippen LogP contribution in [0.15, 0.2) is 35.4 Å². The number of likely N-dealkylation sites (tertiary alicyclic amines) is 1. The van der Waals surface area contributed by atoms with Crippen LogP contribution in [-0.2, 0) is 11.3 Å². The molecule has 1 aliphatic heterocycles. The number of carbonyl (C=O) groups is 1. The highest BCUT2D eigenvalue weighted by atomic mass is 16.2. The third-order valence-electron chi connectivity index (χ3n) is 4.61. The van der Waals surface area contributed by atoms with Gasteiger partial charge < -0.3 is 10.6 Å². The lowest BCUT2D eigenvalue weighted by atomic mass is 9.92. The van der Waals surface area contributed by atoms with Crippen LogP contribution in [0.2, 0.25) is 0 Å². The Morgan fingerprint density at radius 1 is 1.39 bits per heavy atom. The third kappa shape index (κ3) is 3.12. The van der Waals surface area contributed by atoms with E-state index in [4.69, 9.17) is 5.73 Å². The Bertz CT molecular complexity index is 771. The molecule has 1 saturated heterocycles. The van der Waals surface area contributed by atoms with Gasteiger partial charge in [-0.3, -0.25) is 14.2 Å². The molecule has 1 fully saturated rings. The average molecular weight is 314 g/mol. The number of hydrogen-bond donors (Lipinski definition) is 1. The minimum Gasteiger partial charge on any atom is -0.337 e. The second-order valence-corrected chi connectivity index (χ2v) is 6.30. The fourth-order valence-electron chi connectivity index (χ4n) is 3.26. The highest BCUT2D eigenvalue weighted by molar-refractivity contribution is 5.79. The molecule has 2 unspecified atom stereocenters. The molecule has 122 valence electrons. The van der Waals surface area contributed by atoms with Crippen LogP contribution in [-0.4, -0.2) is 39.5 Å². The van der Waals surface area contributed by atoms with Gasteiger partial charge in [0.05, 0.1) is 17.2 Å². The molecule has 2 N–H and O–H groups in total. The Labute approximate surface area is 134 Å². The van der Waals surface area contributed by atoms with Crippen molar-refractivity contribution in [3.8, 4) is 0 Å². The summed E-state index contributed by atoms with van der Waals surface area (Å²) in [5.41, 5.74) is 6.28. The van der Waals surface area contributed by atoms with Crippen LogP contribution in [0.25, 0.3) is 10.9 Å². The minimum absolute atomic E-state index is 0.0154. The fourth-order valence-corrected chi connectivity index (χ4v) is 3.26. The molecular formula is C17H22N4O2. The molecule has 2 aromatic rings. The lowest BCUT2D eigenvalue weighted by Crippen LogP contribution is -2.50. The number of nitrogens with two attached hydrogens (primary N) is 1. The maximum absolute atomic E-state index is 12.6. The topological polar surface area (TPSA) is 81.2 Å². The van der Waals surface area contributed by atoms with E-state index < -0.39 is 0 Å². The first-order chi connectivity index (χ1) is 11.1. The van der Waals surface area contributed by atoms with Crippen LogP contribution in [0.1, 0.15) is 19.8 Å². The largest absolute Gasteiger partial charge is 0.337 e. The van der Waals surface area contributed by atoms with E-state index in [0.29, 0.717) is 29.9 Å². The van der Waals surface area contributed by atoms with Crippen LogP contribution in [0, 0.1) is 5.92 Å². The predicted octanol–water partition coefficient (Wildman–Crippen LogP) is 0.982. The van der Waals surface area contributed by atoms with Crippen LogP contribution in [0.5, 0.6) is 0 Å². The molecule has 1 aromatic heterocycles. The highest BCUT2D eigenvalue weighted by Crippen LogP contribution is 2.22. The van der Waals surface area contributed by atoms with Crippen LogP contribution in [0.4, 0.5) is 0 Å². The third-order valence-corrected chi connectivity index (χ3v) is 4.61. The molecule has 1 aliphatic rings. The number of piperidine rings is 1. The number of benzene rings is 1. The molecule has 0 radical (unpaired) electrons. The van der Waals surface area contributed by atoms with Gasteiger partial charge in [0.25, 0.3) is 5.56 Å². The maximum atomic E-state index is 12.6. The predicted molar refractivity (Wildman–Crippen MR) is 89.0 cm³/mol. The fraction of sp³-hybridized carbons (Fsp3) is 0.471. The molecule has 1 aromatic carbocycles. The average Bonchev–Trinajstić information content (AvgIpc) is 2.57. The SMILES string of the molecule is CC1CCN(C(=O)Cn2cnc3ccccc3c2=O)C(CN)C1. The first kappa shape index (κ1) is 15.7. The molecule has 1 amide bonds. The van der Waals surface area contributed by atoms with Crippen molar-refractivity contribution in [3.63, 3.8) is 0 Å². The summed E-state index contributed by atoms with van der Waals surface area (Å²) < 4.78 is 1.39. The Morgan fingerprint density at radius 3 is 2.96 bits per heavy atom. The van der Waals surface area contributed by atoms with Crippen LogP contribution >= 0.6 is 0 Å². The lowest BCUT2D eigenvalue weighted by molar-refractivity contribution is -0.136. The summed E-state index contributed by atoms with van der Waals surface area (Å²) in [5, 5.41) is 0.533. The molecule has 6 nitrogen and oxygen atoms in total. The molecule has 0 aliphatic carbocycles. The number of amides is 1. The number of nitrogens with zero attached hydrogens (tertiary/aromatic N) is 3. The second-order valence-electron chi connectivity index (χ2n) is 6.30. The Morgan fingerprint density at radius 2 is 2.17 bits per heavy atom. The zero-order chi connectivity index (χ0) is 16.4. The van der Waals surface area contributed by atoms with Gasteiger partial charge in [0.15, 0.2) is 0 Å². The number of carbonyl (C=O) groups excluding carboxylic acids is 1. The summed E-state index contributed by atoms with van der Waals surface area (Å²) in [4.78, 5) is 31.2. The first-order valence-electron chi connectivity index (χ1n) is 8.04. The van der Waals surface area contributed by atoms with Crippen molar-refractivity contribution in [1.29, 1.82) is 0 Å². The van der Waals surface area contributed by atoms with E-state index in [1.165, 1.54) is 10.9 Å². The van der Waals surface area contributed by atoms with E-state index >= 15 is 0 Å². The highest BCUT2D eigenvalue weighted by Gasteiger charge is 2.29. The van der Waals surface area contributed by atoms with Crippen molar-refractivity contribution in [2.75, 3.05) is 13.1 Å². The Kier molecular flexibility index (Phi) is 4.43. The Hall–Kier alpha value is -2.21. The van der Waals surface area contributed by atoms with E-state index in [0.717, 1.165) is 12.8 Å². The van der Waals surface area contributed by atoms with E-state index in [1.807, 2.05) is 11.0 Å². The van der Waals surface area contributed by atoms with Crippen LogP contribution < -0.4 is 11.3 Å².